The number of aliphatic hydroxyl groups excluding tert-OH is 1. The Kier molecular flexibility index (Phi) is 4.43. The van der Waals surface area contributed by atoms with Crippen LogP contribution in [-0.2, 0) is 4.74 Å². The molecule has 1 aliphatic heterocycles. The molecule has 0 spiro atoms. The molecule has 1 atom stereocenters. The van der Waals surface area contributed by atoms with Gasteiger partial charge in [0.1, 0.15) is 5.76 Å². The van der Waals surface area contributed by atoms with Crippen LogP contribution in [0.3, 0.4) is 0 Å². The number of aryl methyl sites for hydroxylation is 1. The SMILES string of the molecule is COC1=CC=CN(c2cc(C(O)C3CCCCC3)c(C)o2)N1. The van der Waals surface area contributed by atoms with Crippen LogP contribution >= 0.6 is 0 Å². The number of nitrogens with one attached hydrogen (secondary N) is 1. The van der Waals surface area contributed by atoms with Crippen molar-refractivity contribution in [1.82, 2.24) is 5.43 Å². The molecule has 3 rings (SSSR count). The zero-order valence-electron chi connectivity index (χ0n) is 13.2. The Morgan fingerprint density at radius 3 is 2.86 bits per heavy atom. The minimum atomic E-state index is -0.441. The summed E-state index contributed by atoms with van der Waals surface area (Å²) in [6, 6.07) is 1.92. The number of hydrogen-bond donors (Lipinski definition) is 2. The summed E-state index contributed by atoms with van der Waals surface area (Å²) in [5.41, 5.74) is 3.98. The van der Waals surface area contributed by atoms with E-state index in [1.54, 1.807) is 12.1 Å². The number of methoxy groups -OCH3 is 1. The lowest BCUT2D eigenvalue weighted by Crippen LogP contribution is -2.34. The standard InChI is InChI=1S/C17H24N2O3/c1-12-14(17(20)13-7-4-3-5-8-13)11-16(22-12)19-10-6-9-15(18-19)21-2/h6,9-11,13,17-18,20H,3-5,7-8H2,1-2H3. The lowest BCUT2D eigenvalue weighted by atomic mass is 9.83. The van der Waals surface area contributed by atoms with Gasteiger partial charge in [0.25, 0.3) is 0 Å². The van der Waals surface area contributed by atoms with Gasteiger partial charge in [-0.1, -0.05) is 19.3 Å². The van der Waals surface area contributed by atoms with E-state index in [-0.39, 0.29) is 0 Å². The number of hydrogen-bond acceptors (Lipinski definition) is 5. The van der Waals surface area contributed by atoms with Gasteiger partial charge in [0.2, 0.25) is 11.8 Å². The topological polar surface area (TPSA) is 57.9 Å². The molecule has 0 saturated heterocycles. The predicted molar refractivity (Wildman–Crippen MR) is 84.8 cm³/mol. The van der Waals surface area contributed by atoms with Crippen LogP contribution in [0.15, 0.2) is 34.7 Å². The first-order valence-electron chi connectivity index (χ1n) is 7.96. The third kappa shape index (κ3) is 2.99. The molecule has 0 radical (unpaired) electrons. The molecule has 0 aromatic carbocycles. The average Bonchev–Trinajstić information content (AvgIpc) is 2.97. The second kappa shape index (κ2) is 6.48. The number of rotatable bonds is 4. The fourth-order valence-corrected chi connectivity index (χ4v) is 3.25. The van der Waals surface area contributed by atoms with Gasteiger partial charge >= 0.3 is 0 Å². The monoisotopic (exact) mass is 304 g/mol. The van der Waals surface area contributed by atoms with Crippen LogP contribution in [0.4, 0.5) is 5.88 Å². The van der Waals surface area contributed by atoms with Gasteiger partial charge in [0, 0.05) is 23.9 Å². The molecule has 1 fully saturated rings. The summed E-state index contributed by atoms with van der Waals surface area (Å²) in [6.45, 7) is 1.91. The van der Waals surface area contributed by atoms with E-state index in [1.807, 2.05) is 31.3 Å². The van der Waals surface area contributed by atoms with Crippen LogP contribution < -0.4 is 10.4 Å². The molecule has 1 unspecified atom stereocenters. The fraction of sp³-hybridized carbons (Fsp3) is 0.529. The summed E-state index contributed by atoms with van der Waals surface area (Å²) in [5, 5.41) is 12.4. The maximum Gasteiger partial charge on any atom is 0.218 e. The van der Waals surface area contributed by atoms with Crippen LogP contribution in [-0.4, -0.2) is 12.2 Å². The zero-order chi connectivity index (χ0) is 15.5. The smallest absolute Gasteiger partial charge is 0.218 e. The second-order valence-corrected chi connectivity index (χ2v) is 6.00. The van der Waals surface area contributed by atoms with E-state index in [1.165, 1.54) is 19.3 Å². The van der Waals surface area contributed by atoms with Crippen LogP contribution in [0.2, 0.25) is 0 Å². The van der Waals surface area contributed by atoms with Gasteiger partial charge in [-0.3, -0.25) is 5.43 Å². The highest BCUT2D eigenvalue weighted by molar-refractivity contribution is 5.46. The van der Waals surface area contributed by atoms with Gasteiger partial charge in [0.05, 0.1) is 13.2 Å². The van der Waals surface area contributed by atoms with Gasteiger partial charge in [-0.2, -0.15) is 0 Å². The zero-order valence-corrected chi connectivity index (χ0v) is 13.2. The van der Waals surface area contributed by atoms with E-state index in [0.29, 0.717) is 17.7 Å². The van der Waals surface area contributed by atoms with Gasteiger partial charge in [0.15, 0.2) is 0 Å². The molecule has 0 amide bonds. The third-order valence-corrected chi connectivity index (χ3v) is 4.53. The minimum absolute atomic E-state index is 0.345. The first kappa shape index (κ1) is 15.0. The minimum Gasteiger partial charge on any atom is -0.481 e. The Labute approximate surface area is 131 Å². The van der Waals surface area contributed by atoms with Crippen LogP contribution in [0.25, 0.3) is 0 Å². The molecular weight excluding hydrogens is 280 g/mol. The number of nitrogens with zero attached hydrogens (tertiary/aromatic N) is 1. The van der Waals surface area contributed by atoms with Crippen LogP contribution in [0.5, 0.6) is 0 Å². The summed E-state index contributed by atoms with van der Waals surface area (Å²) in [6.07, 6.45) is 11.0. The molecule has 1 aliphatic carbocycles. The number of anilines is 1. The summed E-state index contributed by atoms with van der Waals surface area (Å²) >= 11 is 0. The molecule has 2 aliphatic rings. The van der Waals surface area contributed by atoms with E-state index in [0.717, 1.165) is 24.2 Å². The van der Waals surface area contributed by atoms with Gasteiger partial charge in [-0.05, 0) is 31.8 Å². The molecule has 1 aromatic rings. The number of aliphatic hydroxyl groups is 1. The van der Waals surface area contributed by atoms with Crippen molar-refractivity contribution in [3.8, 4) is 0 Å². The van der Waals surface area contributed by atoms with E-state index < -0.39 is 6.10 Å². The summed E-state index contributed by atoms with van der Waals surface area (Å²) in [4.78, 5) is 0. The summed E-state index contributed by atoms with van der Waals surface area (Å²) in [7, 11) is 1.61. The van der Waals surface area contributed by atoms with E-state index in [4.69, 9.17) is 9.15 Å². The Morgan fingerprint density at radius 2 is 2.14 bits per heavy atom. The third-order valence-electron chi connectivity index (χ3n) is 4.53. The molecule has 2 N–H and O–H groups in total. The van der Waals surface area contributed by atoms with Gasteiger partial charge in [-0.25, -0.2) is 5.01 Å². The van der Waals surface area contributed by atoms with Crippen molar-refractivity contribution >= 4 is 5.88 Å². The predicted octanol–water partition coefficient (Wildman–Crippen LogP) is 3.53. The number of furan rings is 1. The van der Waals surface area contributed by atoms with E-state index in [9.17, 15) is 5.11 Å². The summed E-state index contributed by atoms with van der Waals surface area (Å²) < 4.78 is 11.0. The molecule has 1 saturated carbocycles. The quantitative estimate of drug-likeness (QED) is 0.891. The van der Waals surface area contributed by atoms with Gasteiger partial charge < -0.3 is 14.3 Å². The number of allylic oxidation sites excluding steroid dienone is 2. The molecule has 1 aromatic heterocycles. The Bertz CT molecular complexity index is 570. The highest BCUT2D eigenvalue weighted by Gasteiger charge is 2.27. The maximum atomic E-state index is 10.7. The molecule has 22 heavy (non-hydrogen) atoms. The Balaban J connectivity index is 1.76. The first-order chi connectivity index (χ1) is 10.7. The highest BCUT2D eigenvalue weighted by atomic mass is 16.5. The van der Waals surface area contributed by atoms with E-state index >= 15 is 0 Å². The van der Waals surface area contributed by atoms with Crippen molar-refractivity contribution in [3.05, 3.63) is 41.6 Å². The molecule has 5 nitrogen and oxygen atoms in total. The summed E-state index contributed by atoms with van der Waals surface area (Å²) in [5.74, 6) is 2.42. The largest absolute Gasteiger partial charge is 0.481 e. The highest BCUT2D eigenvalue weighted by Crippen LogP contribution is 2.38. The second-order valence-electron chi connectivity index (χ2n) is 6.00. The van der Waals surface area contributed by atoms with Crippen molar-refractivity contribution in [2.24, 2.45) is 5.92 Å². The lowest BCUT2D eigenvalue weighted by Gasteiger charge is -2.26. The molecule has 2 heterocycles. The molecule has 120 valence electrons. The molecular formula is C17H24N2O3. The fourth-order valence-electron chi connectivity index (χ4n) is 3.25. The molecule has 0 bridgehead atoms. The van der Waals surface area contributed by atoms with Crippen LogP contribution in [0, 0.1) is 12.8 Å². The Hall–Kier alpha value is -1.88. The Morgan fingerprint density at radius 1 is 1.36 bits per heavy atom. The van der Waals surface area contributed by atoms with E-state index in [2.05, 4.69) is 5.43 Å². The molecule has 5 heteroatoms. The van der Waals surface area contributed by atoms with Crippen molar-refractivity contribution in [2.45, 2.75) is 45.1 Å². The number of hydrazine groups is 1. The van der Waals surface area contributed by atoms with Gasteiger partial charge in [-0.15, -0.1) is 0 Å². The van der Waals surface area contributed by atoms with Crippen molar-refractivity contribution < 1.29 is 14.3 Å². The normalized spacial score (nSPS) is 20.5. The lowest BCUT2D eigenvalue weighted by molar-refractivity contribution is 0.0835. The average molecular weight is 304 g/mol. The first-order valence-corrected chi connectivity index (χ1v) is 7.96. The number of ether oxygens (including phenoxy) is 1. The van der Waals surface area contributed by atoms with Crippen LogP contribution in [0.1, 0.15) is 49.5 Å². The van der Waals surface area contributed by atoms with Crippen molar-refractivity contribution in [2.75, 3.05) is 12.1 Å². The van der Waals surface area contributed by atoms with Crippen molar-refractivity contribution in [3.63, 3.8) is 0 Å². The maximum absolute atomic E-state index is 10.7. The van der Waals surface area contributed by atoms with Crippen molar-refractivity contribution in [1.29, 1.82) is 0 Å².